The summed E-state index contributed by atoms with van der Waals surface area (Å²) in [6.07, 6.45) is 4.27. The predicted molar refractivity (Wildman–Crippen MR) is 132 cm³/mol. The summed E-state index contributed by atoms with van der Waals surface area (Å²) in [5, 5.41) is 13.5. The van der Waals surface area contributed by atoms with Crippen LogP contribution < -0.4 is 5.32 Å². The van der Waals surface area contributed by atoms with E-state index in [9.17, 15) is 14.7 Å². The van der Waals surface area contributed by atoms with Crippen LogP contribution in [0.15, 0.2) is 47.4 Å². The van der Waals surface area contributed by atoms with E-state index < -0.39 is 0 Å². The Morgan fingerprint density at radius 1 is 1.10 bits per heavy atom. The van der Waals surface area contributed by atoms with Crippen LogP contribution in [0.2, 0.25) is 10.0 Å². The lowest BCUT2D eigenvalue weighted by Crippen LogP contribution is -2.29. The average molecular weight is 495 g/mol. The molecule has 1 heterocycles. The van der Waals surface area contributed by atoms with Crippen LogP contribution >= 0.6 is 47.2 Å². The molecule has 9 heteroatoms. The number of phenols is 1. The van der Waals surface area contributed by atoms with E-state index in [1.54, 1.807) is 23.1 Å². The average Bonchev–Trinajstić information content (AvgIpc) is 2.99. The minimum Gasteiger partial charge on any atom is -0.506 e. The molecule has 1 aliphatic rings. The van der Waals surface area contributed by atoms with E-state index in [0.29, 0.717) is 44.3 Å². The van der Waals surface area contributed by atoms with Crippen molar-refractivity contribution >= 4 is 75.1 Å². The second kappa shape index (κ2) is 11.0. The zero-order valence-electron chi connectivity index (χ0n) is 16.4. The molecule has 0 unspecified atom stereocenters. The number of benzene rings is 2. The van der Waals surface area contributed by atoms with Gasteiger partial charge in [0.05, 0.1) is 10.6 Å². The van der Waals surface area contributed by atoms with Gasteiger partial charge in [0.1, 0.15) is 10.1 Å². The maximum absolute atomic E-state index is 12.6. The highest BCUT2D eigenvalue weighted by molar-refractivity contribution is 8.26. The minimum atomic E-state index is -0.200. The van der Waals surface area contributed by atoms with Gasteiger partial charge in [-0.05, 0) is 54.8 Å². The lowest BCUT2D eigenvalue weighted by molar-refractivity contribution is -0.122. The minimum absolute atomic E-state index is 0.0289. The quantitative estimate of drug-likeness (QED) is 0.201. The molecule has 31 heavy (non-hydrogen) atoms. The third-order valence-electron chi connectivity index (χ3n) is 4.56. The Hall–Kier alpha value is -2.06. The number of aromatic hydroxyl groups is 1. The van der Waals surface area contributed by atoms with Crippen molar-refractivity contribution in [2.24, 2.45) is 0 Å². The summed E-state index contributed by atoms with van der Waals surface area (Å²) in [7, 11) is 0. The number of thiocarbonyl (C=S) groups is 1. The number of nitrogens with one attached hydrogen (secondary N) is 1. The van der Waals surface area contributed by atoms with Gasteiger partial charge in [0.15, 0.2) is 0 Å². The van der Waals surface area contributed by atoms with Gasteiger partial charge in [-0.15, -0.1) is 0 Å². The first-order chi connectivity index (χ1) is 14.8. The van der Waals surface area contributed by atoms with Gasteiger partial charge in [0.2, 0.25) is 5.91 Å². The highest BCUT2D eigenvalue weighted by Crippen LogP contribution is 2.33. The lowest BCUT2D eigenvalue weighted by Gasteiger charge is -2.14. The molecule has 2 aromatic rings. The number of hydrogen-bond acceptors (Lipinski definition) is 5. The number of rotatable bonds is 8. The highest BCUT2D eigenvalue weighted by Gasteiger charge is 2.31. The van der Waals surface area contributed by atoms with Gasteiger partial charge >= 0.3 is 0 Å². The second-order valence-corrected chi connectivity index (χ2v) is 9.45. The van der Waals surface area contributed by atoms with Crippen molar-refractivity contribution in [3.63, 3.8) is 0 Å². The number of halogens is 2. The van der Waals surface area contributed by atoms with Crippen LogP contribution in [-0.2, 0) is 9.59 Å². The second-order valence-electron chi connectivity index (χ2n) is 6.91. The maximum atomic E-state index is 12.6. The van der Waals surface area contributed by atoms with Crippen molar-refractivity contribution in [2.45, 2.75) is 25.7 Å². The summed E-state index contributed by atoms with van der Waals surface area (Å²) in [5.74, 6) is -0.327. The third-order valence-corrected chi connectivity index (χ3v) is 6.42. The largest absolute Gasteiger partial charge is 0.506 e. The fourth-order valence-corrected chi connectivity index (χ4v) is 4.56. The maximum Gasteiger partial charge on any atom is 0.266 e. The smallest absolute Gasteiger partial charge is 0.266 e. The predicted octanol–water partition coefficient (Wildman–Crippen LogP) is 6.10. The molecule has 2 amide bonds. The monoisotopic (exact) mass is 494 g/mol. The normalized spacial score (nSPS) is 15.0. The standard InChI is InChI=1S/C22H20Cl2N2O3S2/c23-15-7-5-14(6-8-15)12-19-21(29)26(22(30)31-19)11-3-1-2-4-20(28)25-17-13-16(24)9-10-18(17)27/h5-10,12-13,27H,1-4,11H2,(H,25,28)/b19-12-. The summed E-state index contributed by atoms with van der Waals surface area (Å²) < 4.78 is 0.541. The van der Waals surface area contributed by atoms with Crippen molar-refractivity contribution in [1.82, 2.24) is 4.90 Å². The topological polar surface area (TPSA) is 69.6 Å². The number of anilines is 1. The highest BCUT2D eigenvalue weighted by atomic mass is 35.5. The number of amides is 2. The van der Waals surface area contributed by atoms with Gasteiger partial charge in [-0.3, -0.25) is 14.5 Å². The Kier molecular flexibility index (Phi) is 8.37. The molecule has 162 valence electrons. The van der Waals surface area contributed by atoms with Crippen molar-refractivity contribution in [1.29, 1.82) is 0 Å². The Balaban J connectivity index is 1.42. The molecule has 2 N–H and O–H groups in total. The number of carbonyl (C=O) groups excluding carboxylic acids is 2. The van der Waals surface area contributed by atoms with Gasteiger partial charge in [0, 0.05) is 23.0 Å². The summed E-state index contributed by atoms with van der Waals surface area (Å²) in [6, 6.07) is 11.7. The lowest BCUT2D eigenvalue weighted by atomic mass is 10.1. The van der Waals surface area contributed by atoms with Crippen molar-refractivity contribution in [2.75, 3.05) is 11.9 Å². The van der Waals surface area contributed by atoms with Crippen molar-refractivity contribution in [3.8, 4) is 5.75 Å². The molecule has 3 rings (SSSR count). The molecule has 0 aromatic heterocycles. The number of hydrogen-bond donors (Lipinski definition) is 2. The molecule has 0 radical (unpaired) electrons. The Morgan fingerprint density at radius 3 is 2.55 bits per heavy atom. The van der Waals surface area contributed by atoms with Gasteiger partial charge in [-0.2, -0.15) is 0 Å². The molecule has 0 bridgehead atoms. The molecule has 1 fully saturated rings. The van der Waals surface area contributed by atoms with Crippen LogP contribution in [0, 0.1) is 0 Å². The van der Waals surface area contributed by atoms with Crippen LogP contribution in [0.3, 0.4) is 0 Å². The van der Waals surface area contributed by atoms with E-state index in [1.807, 2.05) is 18.2 Å². The fourth-order valence-electron chi connectivity index (χ4n) is 2.96. The summed E-state index contributed by atoms with van der Waals surface area (Å²) >= 11 is 18.4. The molecule has 0 saturated carbocycles. The Bertz CT molecular complexity index is 1030. The fraction of sp³-hybridized carbons (Fsp3) is 0.227. The van der Waals surface area contributed by atoms with Gasteiger partial charge in [-0.25, -0.2) is 0 Å². The van der Waals surface area contributed by atoms with Crippen LogP contribution in [0.4, 0.5) is 5.69 Å². The van der Waals surface area contributed by atoms with E-state index in [0.717, 1.165) is 18.4 Å². The number of unbranched alkanes of at least 4 members (excludes halogenated alkanes) is 2. The zero-order valence-corrected chi connectivity index (χ0v) is 19.6. The first kappa shape index (κ1) is 23.6. The molecule has 0 spiro atoms. The van der Waals surface area contributed by atoms with Gasteiger partial charge in [0.25, 0.3) is 5.91 Å². The molecule has 1 saturated heterocycles. The SMILES string of the molecule is O=C(CCCCCN1C(=O)/C(=C/c2ccc(Cl)cc2)SC1=S)Nc1cc(Cl)ccc1O. The summed E-state index contributed by atoms with van der Waals surface area (Å²) in [4.78, 5) is 26.9. The molecule has 2 aromatic carbocycles. The van der Waals surface area contributed by atoms with Gasteiger partial charge < -0.3 is 10.4 Å². The van der Waals surface area contributed by atoms with E-state index >= 15 is 0 Å². The Labute approximate surface area is 200 Å². The summed E-state index contributed by atoms with van der Waals surface area (Å²) in [5.41, 5.74) is 1.18. The molecule has 5 nitrogen and oxygen atoms in total. The number of phenolic OH excluding ortho intramolecular Hbond substituents is 1. The van der Waals surface area contributed by atoms with Crippen LogP contribution in [0.1, 0.15) is 31.2 Å². The zero-order chi connectivity index (χ0) is 22.4. The first-order valence-corrected chi connectivity index (χ1v) is 11.6. The van der Waals surface area contributed by atoms with E-state index in [1.165, 1.54) is 23.9 Å². The third kappa shape index (κ3) is 6.71. The van der Waals surface area contributed by atoms with E-state index in [4.69, 9.17) is 35.4 Å². The van der Waals surface area contributed by atoms with Crippen molar-refractivity contribution in [3.05, 3.63) is 63.0 Å². The van der Waals surface area contributed by atoms with E-state index in [2.05, 4.69) is 5.32 Å². The van der Waals surface area contributed by atoms with Crippen LogP contribution in [-0.4, -0.2) is 32.7 Å². The Morgan fingerprint density at radius 2 is 1.81 bits per heavy atom. The number of nitrogens with zero attached hydrogens (tertiary/aromatic N) is 1. The molecule has 0 aliphatic carbocycles. The summed E-state index contributed by atoms with van der Waals surface area (Å²) in [6.45, 7) is 0.513. The molecular weight excluding hydrogens is 475 g/mol. The molecule has 1 aliphatic heterocycles. The molecular formula is C22H20Cl2N2O3S2. The number of thioether (sulfide) groups is 1. The first-order valence-electron chi connectivity index (χ1n) is 9.63. The van der Waals surface area contributed by atoms with Gasteiger partial charge in [-0.1, -0.05) is 65.7 Å². The van der Waals surface area contributed by atoms with Crippen LogP contribution in [0.25, 0.3) is 6.08 Å². The molecule has 0 atom stereocenters. The van der Waals surface area contributed by atoms with Crippen molar-refractivity contribution < 1.29 is 14.7 Å². The van der Waals surface area contributed by atoms with E-state index in [-0.39, 0.29) is 17.6 Å². The van der Waals surface area contributed by atoms with Crippen LogP contribution in [0.5, 0.6) is 5.75 Å². The number of carbonyl (C=O) groups is 2.